The Balaban J connectivity index is 0.00000220. The molecule has 7 nitrogen and oxygen atoms in total. The Morgan fingerprint density at radius 1 is 1.45 bits per heavy atom. The number of ether oxygens (including phenoxy) is 1. The van der Waals surface area contributed by atoms with E-state index in [0.29, 0.717) is 22.8 Å². The van der Waals surface area contributed by atoms with Gasteiger partial charge in [0.05, 0.1) is 6.61 Å². The van der Waals surface area contributed by atoms with Gasteiger partial charge in [-0.05, 0) is 18.2 Å². The fraction of sp³-hybridized carbons (Fsp3) is 0.385. The van der Waals surface area contributed by atoms with Gasteiger partial charge >= 0.3 is 0 Å². The van der Waals surface area contributed by atoms with Gasteiger partial charge in [-0.15, -0.1) is 24.8 Å². The van der Waals surface area contributed by atoms with Crippen molar-refractivity contribution in [3.63, 3.8) is 0 Å². The number of carbonyl (C=O) groups excluding carboxylic acids is 1. The van der Waals surface area contributed by atoms with Crippen LogP contribution in [-0.2, 0) is 9.53 Å². The molecule has 0 spiro atoms. The Bertz CT molecular complexity index is 618. The lowest BCUT2D eigenvalue weighted by atomic mass is 10.2. The summed E-state index contributed by atoms with van der Waals surface area (Å²) in [5, 5.41) is 2.72. The first kappa shape index (κ1) is 20.5. The molecule has 0 radical (unpaired) electrons. The van der Waals surface area contributed by atoms with Crippen LogP contribution in [0, 0.1) is 0 Å². The number of methoxy groups -OCH3 is 1. The molecule has 22 heavy (non-hydrogen) atoms. The number of anilines is 2. The largest absolute Gasteiger partial charge is 0.423 e. The summed E-state index contributed by atoms with van der Waals surface area (Å²) in [4.78, 5) is 17.9. The van der Waals surface area contributed by atoms with Gasteiger partial charge in [0.15, 0.2) is 5.58 Å². The quantitative estimate of drug-likeness (QED) is 0.851. The van der Waals surface area contributed by atoms with Crippen molar-refractivity contribution in [2.24, 2.45) is 5.73 Å². The number of aromatic nitrogens is 1. The number of benzene rings is 1. The first-order valence-corrected chi connectivity index (χ1v) is 6.14. The lowest BCUT2D eigenvalue weighted by molar-refractivity contribution is -0.118. The number of amides is 1. The zero-order valence-corrected chi connectivity index (χ0v) is 14.2. The van der Waals surface area contributed by atoms with Crippen LogP contribution < -0.4 is 16.0 Å². The number of hydrogen-bond acceptors (Lipinski definition) is 6. The average molecular weight is 351 g/mol. The SMILES string of the molecule is COCC(N)C(=O)Nc1ccc2oc(N(C)C)nc2c1.Cl.Cl. The van der Waals surface area contributed by atoms with Gasteiger partial charge in [0.2, 0.25) is 5.91 Å². The van der Waals surface area contributed by atoms with E-state index in [1.165, 1.54) is 7.11 Å². The minimum Gasteiger partial charge on any atom is -0.423 e. The Morgan fingerprint density at radius 3 is 2.73 bits per heavy atom. The second kappa shape index (κ2) is 8.79. The molecule has 0 saturated heterocycles. The van der Waals surface area contributed by atoms with Crippen LogP contribution in [0.25, 0.3) is 11.1 Å². The molecule has 0 fully saturated rings. The number of carbonyl (C=O) groups is 1. The summed E-state index contributed by atoms with van der Waals surface area (Å²) < 4.78 is 10.4. The summed E-state index contributed by atoms with van der Waals surface area (Å²) in [7, 11) is 5.19. The Morgan fingerprint density at radius 2 is 2.14 bits per heavy atom. The second-order valence-electron chi connectivity index (χ2n) is 4.62. The number of nitrogens with two attached hydrogens (primary N) is 1. The van der Waals surface area contributed by atoms with Crippen molar-refractivity contribution in [2.45, 2.75) is 6.04 Å². The smallest absolute Gasteiger partial charge is 0.297 e. The number of nitrogens with zero attached hydrogens (tertiary/aromatic N) is 2. The normalized spacial score (nSPS) is 11.3. The molecule has 124 valence electrons. The summed E-state index contributed by atoms with van der Waals surface area (Å²) in [6.45, 7) is 0.169. The maximum atomic E-state index is 11.8. The topological polar surface area (TPSA) is 93.6 Å². The van der Waals surface area contributed by atoms with Crippen LogP contribution >= 0.6 is 24.8 Å². The summed E-state index contributed by atoms with van der Waals surface area (Å²) >= 11 is 0. The third-order valence-corrected chi connectivity index (χ3v) is 2.71. The van der Waals surface area contributed by atoms with Crippen LogP contribution in [0.15, 0.2) is 22.6 Å². The molecule has 0 aliphatic rings. The molecule has 0 bridgehead atoms. The molecule has 1 heterocycles. The van der Waals surface area contributed by atoms with E-state index in [1.807, 2.05) is 14.1 Å². The highest BCUT2D eigenvalue weighted by Gasteiger charge is 2.14. The van der Waals surface area contributed by atoms with Gasteiger partial charge < -0.3 is 25.1 Å². The molecule has 1 unspecified atom stereocenters. The lowest BCUT2D eigenvalue weighted by Gasteiger charge is -2.10. The lowest BCUT2D eigenvalue weighted by Crippen LogP contribution is -2.39. The highest BCUT2D eigenvalue weighted by molar-refractivity contribution is 5.96. The predicted molar refractivity (Wildman–Crippen MR) is 91.3 cm³/mol. The monoisotopic (exact) mass is 350 g/mol. The molecule has 1 amide bonds. The number of rotatable bonds is 5. The van der Waals surface area contributed by atoms with Crippen molar-refractivity contribution in [3.8, 4) is 0 Å². The second-order valence-corrected chi connectivity index (χ2v) is 4.62. The first-order valence-electron chi connectivity index (χ1n) is 6.14. The summed E-state index contributed by atoms with van der Waals surface area (Å²) in [5.74, 6) is -0.303. The molecule has 1 aromatic heterocycles. The zero-order valence-electron chi connectivity index (χ0n) is 12.5. The molecule has 1 aromatic carbocycles. The zero-order chi connectivity index (χ0) is 14.7. The standard InChI is InChI=1S/C13H18N4O3.2ClH/c1-17(2)13-16-10-6-8(4-5-11(10)20-13)15-12(18)9(14)7-19-3;;/h4-6,9H,7,14H2,1-3H3,(H,15,18);2*1H. The van der Waals surface area contributed by atoms with E-state index < -0.39 is 6.04 Å². The van der Waals surface area contributed by atoms with E-state index in [1.54, 1.807) is 23.1 Å². The van der Waals surface area contributed by atoms with Gasteiger partial charge in [-0.1, -0.05) is 0 Å². The molecule has 9 heteroatoms. The fourth-order valence-corrected chi connectivity index (χ4v) is 1.67. The van der Waals surface area contributed by atoms with Gasteiger partial charge in [-0.3, -0.25) is 4.79 Å². The van der Waals surface area contributed by atoms with Crippen LogP contribution in [0.1, 0.15) is 0 Å². The van der Waals surface area contributed by atoms with Crippen molar-refractivity contribution >= 4 is 53.5 Å². The van der Waals surface area contributed by atoms with Gasteiger partial charge in [-0.2, -0.15) is 4.98 Å². The van der Waals surface area contributed by atoms with Gasteiger partial charge in [-0.25, -0.2) is 0 Å². The molecule has 2 rings (SSSR count). The number of fused-ring (bicyclic) bond motifs is 1. The van der Waals surface area contributed by atoms with Crippen LogP contribution in [0.2, 0.25) is 0 Å². The molecule has 0 aliphatic carbocycles. The number of oxazole rings is 1. The minimum absolute atomic E-state index is 0. The van der Waals surface area contributed by atoms with Crippen molar-refractivity contribution in [1.29, 1.82) is 0 Å². The molecule has 1 atom stereocenters. The van der Waals surface area contributed by atoms with E-state index >= 15 is 0 Å². The third-order valence-electron chi connectivity index (χ3n) is 2.71. The summed E-state index contributed by atoms with van der Waals surface area (Å²) in [6.07, 6.45) is 0. The fourth-order valence-electron chi connectivity index (χ4n) is 1.67. The molecule has 3 N–H and O–H groups in total. The van der Waals surface area contributed by atoms with E-state index in [9.17, 15) is 4.79 Å². The van der Waals surface area contributed by atoms with Gasteiger partial charge in [0.1, 0.15) is 11.6 Å². The van der Waals surface area contributed by atoms with Gasteiger partial charge in [0, 0.05) is 26.9 Å². The molecular weight excluding hydrogens is 331 g/mol. The van der Waals surface area contributed by atoms with Crippen molar-refractivity contribution in [1.82, 2.24) is 4.98 Å². The van der Waals surface area contributed by atoms with Crippen LogP contribution in [-0.4, -0.2) is 44.7 Å². The molecule has 2 aromatic rings. The third kappa shape index (κ3) is 4.74. The van der Waals surface area contributed by atoms with Crippen molar-refractivity contribution in [2.75, 3.05) is 38.0 Å². The predicted octanol–water partition coefficient (Wildman–Crippen LogP) is 1.65. The number of nitrogens with one attached hydrogen (secondary N) is 1. The Labute approximate surface area is 141 Å². The van der Waals surface area contributed by atoms with E-state index in [-0.39, 0.29) is 37.3 Å². The highest BCUT2D eigenvalue weighted by Crippen LogP contribution is 2.23. The van der Waals surface area contributed by atoms with Crippen LogP contribution in [0.3, 0.4) is 0 Å². The van der Waals surface area contributed by atoms with E-state index in [4.69, 9.17) is 14.9 Å². The summed E-state index contributed by atoms with van der Waals surface area (Å²) in [6, 6.07) is 5.05. The Hall–Kier alpha value is -1.54. The van der Waals surface area contributed by atoms with Crippen LogP contribution in [0.5, 0.6) is 0 Å². The minimum atomic E-state index is -0.703. The number of hydrogen-bond donors (Lipinski definition) is 2. The maximum absolute atomic E-state index is 11.8. The molecular formula is C13H20Cl2N4O3. The maximum Gasteiger partial charge on any atom is 0.297 e. The average Bonchev–Trinajstić information content (AvgIpc) is 2.82. The van der Waals surface area contributed by atoms with Crippen LogP contribution in [0.4, 0.5) is 11.7 Å². The van der Waals surface area contributed by atoms with Crippen molar-refractivity contribution in [3.05, 3.63) is 18.2 Å². The Kier molecular flexibility index (Phi) is 8.18. The van der Waals surface area contributed by atoms with E-state index in [2.05, 4.69) is 10.3 Å². The van der Waals surface area contributed by atoms with E-state index in [0.717, 1.165) is 0 Å². The summed E-state index contributed by atoms with van der Waals surface area (Å²) in [5.41, 5.74) is 7.61. The van der Waals surface area contributed by atoms with Gasteiger partial charge in [0.25, 0.3) is 6.01 Å². The molecule has 0 aliphatic heterocycles. The number of halogens is 2. The van der Waals surface area contributed by atoms with Crippen molar-refractivity contribution < 1.29 is 13.9 Å². The first-order chi connectivity index (χ1) is 9.51. The highest BCUT2D eigenvalue weighted by atomic mass is 35.5. The molecule has 0 saturated carbocycles.